The third kappa shape index (κ3) is 3.60. The molecule has 0 saturated carbocycles. The monoisotopic (exact) mass is 329 g/mol. The third-order valence-corrected chi connectivity index (χ3v) is 3.45. The number of aromatic nitrogens is 4. The van der Waals surface area contributed by atoms with E-state index in [1.807, 2.05) is 0 Å². The van der Waals surface area contributed by atoms with Gasteiger partial charge in [0.05, 0.1) is 6.42 Å². The summed E-state index contributed by atoms with van der Waals surface area (Å²) in [5.41, 5.74) is 1.39. The molecule has 2 aromatic carbocycles. The van der Waals surface area contributed by atoms with Crippen molar-refractivity contribution in [3.63, 3.8) is 0 Å². The number of benzene rings is 2. The summed E-state index contributed by atoms with van der Waals surface area (Å²) in [5, 5.41) is 16.2. The molecule has 0 fully saturated rings. The lowest BCUT2D eigenvalue weighted by atomic mass is 10.1. The van der Waals surface area contributed by atoms with Crippen molar-refractivity contribution in [1.82, 2.24) is 25.9 Å². The third-order valence-electron chi connectivity index (χ3n) is 3.45. The van der Waals surface area contributed by atoms with Crippen LogP contribution in [0.2, 0.25) is 0 Å². The predicted molar refractivity (Wildman–Crippen MR) is 81.5 cm³/mol. The lowest BCUT2D eigenvalue weighted by Gasteiger charge is -2.07. The van der Waals surface area contributed by atoms with Gasteiger partial charge in [0.25, 0.3) is 0 Å². The molecule has 0 aliphatic rings. The first-order valence-electron chi connectivity index (χ1n) is 7.16. The number of nitrogens with zero attached hydrogens (tertiary/aromatic N) is 3. The zero-order valence-corrected chi connectivity index (χ0v) is 12.5. The number of nitrogens with one attached hydrogen (secondary N) is 2. The molecule has 0 saturated heterocycles. The molecule has 0 spiro atoms. The maximum atomic E-state index is 13.5. The zero-order valence-electron chi connectivity index (χ0n) is 12.5. The molecule has 3 rings (SSSR count). The highest BCUT2D eigenvalue weighted by molar-refractivity contribution is 5.78. The van der Waals surface area contributed by atoms with Crippen LogP contribution in [0.4, 0.5) is 8.78 Å². The van der Waals surface area contributed by atoms with Crippen LogP contribution in [-0.4, -0.2) is 26.5 Å². The van der Waals surface area contributed by atoms with E-state index in [4.69, 9.17) is 0 Å². The molecular formula is C16H13F2N5O. The van der Waals surface area contributed by atoms with Crippen LogP contribution in [0.3, 0.4) is 0 Å². The maximum absolute atomic E-state index is 13.5. The number of rotatable bonds is 5. The number of H-pyrrole nitrogens is 1. The van der Waals surface area contributed by atoms with Gasteiger partial charge in [-0.25, -0.2) is 8.78 Å². The Balaban J connectivity index is 1.58. The smallest absolute Gasteiger partial charge is 0.224 e. The Labute approximate surface area is 135 Å². The summed E-state index contributed by atoms with van der Waals surface area (Å²) >= 11 is 0. The van der Waals surface area contributed by atoms with Gasteiger partial charge in [-0.15, -0.1) is 10.2 Å². The number of aromatic amines is 1. The standard InChI is InChI=1S/C16H13F2N5O/c17-13-2-1-3-14(18)12(13)8-15(24)19-9-10-4-6-11(7-5-10)16-20-22-23-21-16/h1-7H,8-9H2,(H,19,24)(H,20,21,22,23). The molecule has 8 heteroatoms. The summed E-state index contributed by atoms with van der Waals surface area (Å²) in [6.07, 6.45) is -0.348. The van der Waals surface area contributed by atoms with Crippen molar-refractivity contribution in [2.75, 3.05) is 0 Å². The number of carbonyl (C=O) groups excluding carboxylic acids is 1. The molecular weight excluding hydrogens is 316 g/mol. The fourth-order valence-corrected chi connectivity index (χ4v) is 2.18. The predicted octanol–water partition coefficient (Wildman–Crippen LogP) is 2.00. The number of hydrogen-bond acceptors (Lipinski definition) is 4. The summed E-state index contributed by atoms with van der Waals surface area (Å²) in [7, 11) is 0. The zero-order chi connectivity index (χ0) is 16.9. The number of carbonyl (C=O) groups is 1. The molecule has 0 atom stereocenters. The van der Waals surface area contributed by atoms with Gasteiger partial charge in [-0.05, 0) is 22.9 Å². The molecule has 0 radical (unpaired) electrons. The van der Waals surface area contributed by atoms with Crippen molar-refractivity contribution in [3.8, 4) is 11.4 Å². The normalized spacial score (nSPS) is 10.6. The van der Waals surface area contributed by atoms with Crippen molar-refractivity contribution < 1.29 is 13.6 Å². The van der Waals surface area contributed by atoms with E-state index in [2.05, 4.69) is 25.9 Å². The second kappa shape index (κ2) is 6.95. The second-order valence-electron chi connectivity index (χ2n) is 5.09. The molecule has 6 nitrogen and oxygen atoms in total. The molecule has 24 heavy (non-hydrogen) atoms. The molecule has 3 aromatic rings. The Morgan fingerprint density at radius 3 is 2.42 bits per heavy atom. The highest BCUT2D eigenvalue weighted by atomic mass is 19.1. The van der Waals surface area contributed by atoms with Crippen molar-refractivity contribution in [3.05, 3.63) is 65.2 Å². The van der Waals surface area contributed by atoms with Crippen LogP contribution >= 0.6 is 0 Å². The topological polar surface area (TPSA) is 83.6 Å². The number of tetrazole rings is 1. The number of hydrogen-bond donors (Lipinski definition) is 2. The van der Waals surface area contributed by atoms with E-state index in [9.17, 15) is 13.6 Å². The maximum Gasteiger partial charge on any atom is 0.224 e. The van der Waals surface area contributed by atoms with Gasteiger partial charge in [0, 0.05) is 17.7 Å². The van der Waals surface area contributed by atoms with Crippen molar-refractivity contribution in [2.45, 2.75) is 13.0 Å². The summed E-state index contributed by atoms with van der Waals surface area (Å²) in [6.45, 7) is 0.251. The van der Waals surface area contributed by atoms with Gasteiger partial charge in [-0.1, -0.05) is 30.3 Å². The molecule has 0 aliphatic heterocycles. The minimum Gasteiger partial charge on any atom is -0.352 e. The number of amides is 1. The van der Waals surface area contributed by atoms with Crippen LogP contribution in [0.1, 0.15) is 11.1 Å². The molecule has 1 aromatic heterocycles. The van der Waals surface area contributed by atoms with E-state index in [1.165, 1.54) is 6.07 Å². The summed E-state index contributed by atoms with van der Waals surface area (Å²) in [6, 6.07) is 10.7. The summed E-state index contributed by atoms with van der Waals surface area (Å²) in [5.74, 6) is -1.44. The summed E-state index contributed by atoms with van der Waals surface area (Å²) < 4.78 is 27.0. The van der Waals surface area contributed by atoms with Gasteiger partial charge in [0.1, 0.15) is 11.6 Å². The lowest BCUT2D eigenvalue weighted by molar-refractivity contribution is -0.120. The Morgan fingerprint density at radius 2 is 1.79 bits per heavy atom. The first-order chi connectivity index (χ1) is 11.6. The van der Waals surface area contributed by atoms with E-state index in [-0.39, 0.29) is 18.5 Å². The van der Waals surface area contributed by atoms with Gasteiger partial charge in [0.15, 0.2) is 0 Å². The molecule has 1 amide bonds. The lowest BCUT2D eigenvalue weighted by Crippen LogP contribution is -2.25. The highest BCUT2D eigenvalue weighted by Crippen LogP contribution is 2.15. The van der Waals surface area contributed by atoms with E-state index >= 15 is 0 Å². The SMILES string of the molecule is O=C(Cc1c(F)cccc1F)NCc1ccc(-c2nn[nH]n2)cc1. The first-order valence-corrected chi connectivity index (χ1v) is 7.16. The molecule has 0 aliphatic carbocycles. The minimum absolute atomic E-state index is 0.234. The average Bonchev–Trinajstić information content (AvgIpc) is 3.11. The van der Waals surface area contributed by atoms with Crippen LogP contribution in [-0.2, 0) is 17.8 Å². The van der Waals surface area contributed by atoms with E-state index in [0.29, 0.717) is 5.82 Å². The highest BCUT2D eigenvalue weighted by Gasteiger charge is 2.12. The van der Waals surface area contributed by atoms with E-state index in [0.717, 1.165) is 23.3 Å². The van der Waals surface area contributed by atoms with Crippen LogP contribution in [0, 0.1) is 11.6 Å². The van der Waals surface area contributed by atoms with Gasteiger partial charge in [-0.2, -0.15) is 5.21 Å². The Bertz CT molecular complexity index is 814. The van der Waals surface area contributed by atoms with Crippen LogP contribution in [0.25, 0.3) is 11.4 Å². The summed E-state index contributed by atoms with van der Waals surface area (Å²) in [4.78, 5) is 11.9. The van der Waals surface area contributed by atoms with Gasteiger partial charge in [0.2, 0.25) is 11.7 Å². The number of halogens is 2. The van der Waals surface area contributed by atoms with Crippen LogP contribution in [0.15, 0.2) is 42.5 Å². The molecule has 0 unspecified atom stereocenters. The van der Waals surface area contributed by atoms with Crippen molar-refractivity contribution in [1.29, 1.82) is 0 Å². The Kier molecular flexibility index (Phi) is 4.55. The van der Waals surface area contributed by atoms with Gasteiger partial charge in [-0.3, -0.25) is 4.79 Å². The van der Waals surface area contributed by atoms with Gasteiger partial charge < -0.3 is 5.32 Å². The van der Waals surface area contributed by atoms with E-state index in [1.54, 1.807) is 24.3 Å². The van der Waals surface area contributed by atoms with Crippen molar-refractivity contribution >= 4 is 5.91 Å². The largest absolute Gasteiger partial charge is 0.352 e. The first kappa shape index (κ1) is 15.7. The second-order valence-corrected chi connectivity index (χ2v) is 5.09. The Hall–Kier alpha value is -3.16. The van der Waals surface area contributed by atoms with Gasteiger partial charge >= 0.3 is 0 Å². The fourth-order valence-electron chi connectivity index (χ4n) is 2.18. The molecule has 122 valence electrons. The average molecular weight is 329 g/mol. The molecule has 2 N–H and O–H groups in total. The fraction of sp³-hybridized carbons (Fsp3) is 0.125. The quantitative estimate of drug-likeness (QED) is 0.750. The van der Waals surface area contributed by atoms with Crippen molar-refractivity contribution in [2.24, 2.45) is 0 Å². The minimum atomic E-state index is -0.727. The molecule has 0 bridgehead atoms. The van der Waals surface area contributed by atoms with Crippen LogP contribution in [0.5, 0.6) is 0 Å². The van der Waals surface area contributed by atoms with E-state index < -0.39 is 17.5 Å². The Morgan fingerprint density at radius 1 is 1.08 bits per heavy atom. The van der Waals surface area contributed by atoms with Crippen LogP contribution < -0.4 is 5.32 Å². The molecule has 1 heterocycles.